The molecule has 1 aromatic carbocycles. The van der Waals surface area contributed by atoms with Gasteiger partial charge in [0.2, 0.25) is 11.8 Å². The second-order valence-corrected chi connectivity index (χ2v) is 9.19. The van der Waals surface area contributed by atoms with Crippen LogP contribution in [0.3, 0.4) is 0 Å². The summed E-state index contributed by atoms with van der Waals surface area (Å²) in [7, 11) is 0. The van der Waals surface area contributed by atoms with Gasteiger partial charge in [-0.25, -0.2) is 4.79 Å². The summed E-state index contributed by atoms with van der Waals surface area (Å²) < 4.78 is 0. The van der Waals surface area contributed by atoms with Gasteiger partial charge in [-0.1, -0.05) is 29.3 Å². The van der Waals surface area contributed by atoms with Crippen molar-refractivity contribution in [3.8, 4) is 5.75 Å². The van der Waals surface area contributed by atoms with E-state index in [4.69, 9.17) is 17.3 Å². The number of hydrogen-bond donors (Lipinski definition) is 2. The fourth-order valence-corrected chi connectivity index (χ4v) is 5.99. The van der Waals surface area contributed by atoms with E-state index in [9.17, 15) is 29.1 Å². The molecule has 0 bridgehead atoms. The van der Waals surface area contributed by atoms with Gasteiger partial charge in [0.05, 0.1) is 11.8 Å². The van der Waals surface area contributed by atoms with Crippen LogP contribution in [0, 0.1) is 17.8 Å². The Balaban J connectivity index is 1.72. The maximum Gasteiger partial charge on any atom is 0.328 e. The van der Waals surface area contributed by atoms with E-state index in [1.165, 1.54) is 18.2 Å². The van der Waals surface area contributed by atoms with Crippen molar-refractivity contribution in [3.05, 3.63) is 63.2 Å². The number of amides is 4. The van der Waals surface area contributed by atoms with Crippen LogP contribution < -0.4 is 5.73 Å². The number of Topliss-reactive ketones (excluding diaryl/α,β-unsaturated/α-hetero) is 1. The van der Waals surface area contributed by atoms with Gasteiger partial charge < -0.3 is 10.8 Å². The second-order valence-electron chi connectivity index (χ2n) is 8.78. The molecule has 33 heavy (non-hydrogen) atoms. The topological polar surface area (TPSA) is 135 Å². The van der Waals surface area contributed by atoms with E-state index >= 15 is 0 Å². The minimum absolute atomic E-state index is 0.0570. The number of nitrogens with two attached hydrogens (primary N) is 1. The third-order valence-electron chi connectivity index (χ3n) is 7.08. The van der Waals surface area contributed by atoms with Crippen molar-refractivity contribution in [2.75, 3.05) is 0 Å². The quantitative estimate of drug-likeness (QED) is 0.371. The molecule has 4 unspecified atom stereocenters. The lowest BCUT2D eigenvalue weighted by atomic mass is 9.59. The number of rotatable bonds is 1. The number of phenols is 1. The van der Waals surface area contributed by atoms with Crippen LogP contribution in [0.4, 0.5) is 4.79 Å². The van der Waals surface area contributed by atoms with Crippen molar-refractivity contribution >= 4 is 41.0 Å². The number of benzene rings is 1. The number of allylic oxidation sites excluding steroid dienone is 6. The van der Waals surface area contributed by atoms with Crippen LogP contribution in [0.5, 0.6) is 5.75 Å². The highest BCUT2D eigenvalue weighted by atomic mass is 35.5. The summed E-state index contributed by atoms with van der Waals surface area (Å²) in [5.41, 5.74) is 7.37. The van der Waals surface area contributed by atoms with E-state index < -0.39 is 41.5 Å². The molecular weight excluding hydrogens is 448 g/mol. The average Bonchev–Trinajstić information content (AvgIpc) is 3.01. The highest BCUT2D eigenvalue weighted by Gasteiger charge is 2.57. The number of carbonyl (C=O) groups is 5. The van der Waals surface area contributed by atoms with Crippen molar-refractivity contribution < 1.29 is 29.1 Å². The summed E-state index contributed by atoms with van der Waals surface area (Å²) in [5.74, 6) is -4.93. The Labute approximate surface area is 193 Å². The van der Waals surface area contributed by atoms with E-state index in [0.717, 1.165) is 0 Å². The summed E-state index contributed by atoms with van der Waals surface area (Å²) >= 11 is 6.45. The van der Waals surface area contributed by atoms with Crippen LogP contribution in [0.2, 0.25) is 5.02 Å². The second kappa shape index (κ2) is 7.25. The largest absolute Gasteiger partial charge is 0.508 e. The number of aromatic hydroxyl groups is 1. The first-order valence-electron chi connectivity index (χ1n) is 10.5. The van der Waals surface area contributed by atoms with Crippen LogP contribution in [0.1, 0.15) is 31.2 Å². The number of urea groups is 1. The van der Waals surface area contributed by atoms with E-state index in [1.807, 2.05) is 6.08 Å². The number of likely N-dealkylation sites (tertiary alicyclic amines) is 1. The van der Waals surface area contributed by atoms with E-state index in [-0.39, 0.29) is 40.8 Å². The highest BCUT2D eigenvalue weighted by molar-refractivity contribution is 6.32. The van der Waals surface area contributed by atoms with Gasteiger partial charge >= 0.3 is 6.03 Å². The SMILES string of the molecule is CC1=CC(=O)C2=C(CC3C(=CCC4C(=O)N(C(N)=O)C(=O)C43)C2c2ccc(O)cc2Cl)C1=O. The Morgan fingerprint density at radius 2 is 1.88 bits per heavy atom. The van der Waals surface area contributed by atoms with E-state index in [1.54, 1.807) is 13.0 Å². The molecule has 3 N–H and O–H groups in total. The molecule has 1 fully saturated rings. The van der Waals surface area contributed by atoms with Crippen LogP contribution in [-0.2, 0) is 19.2 Å². The summed E-state index contributed by atoms with van der Waals surface area (Å²) in [6, 6.07) is 3.24. The number of fused-ring (bicyclic) bond motifs is 3. The fourth-order valence-electron chi connectivity index (χ4n) is 5.70. The summed E-state index contributed by atoms with van der Waals surface area (Å²) in [5, 5.41) is 10.0. The van der Waals surface area contributed by atoms with Crippen LogP contribution >= 0.6 is 11.6 Å². The third-order valence-corrected chi connectivity index (χ3v) is 7.40. The van der Waals surface area contributed by atoms with Crippen molar-refractivity contribution in [2.45, 2.75) is 25.7 Å². The van der Waals surface area contributed by atoms with Crippen LogP contribution in [0.25, 0.3) is 0 Å². The molecule has 4 atom stereocenters. The first kappa shape index (κ1) is 21.3. The Morgan fingerprint density at radius 3 is 2.55 bits per heavy atom. The van der Waals surface area contributed by atoms with Gasteiger partial charge in [-0.2, -0.15) is 4.90 Å². The molecule has 8 nitrogen and oxygen atoms in total. The van der Waals surface area contributed by atoms with Gasteiger partial charge in [0.15, 0.2) is 11.6 Å². The lowest BCUT2D eigenvalue weighted by molar-refractivity contribution is -0.136. The maximum absolute atomic E-state index is 13.1. The van der Waals surface area contributed by atoms with E-state index in [2.05, 4.69) is 0 Å². The van der Waals surface area contributed by atoms with Gasteiger partial charge in [-0.05, 0) is 49.5 Å². The average molecular weight is 467 g/mol. The maximum atomic E-state index is 13.1. The molecule has 0 spiro atoms. The number of ketones is 2. The minimum atomic E-state index is -1.13. The van der Waals surface area contributed by atoms with Gasteiger partial charge in [-0.15, -0.1) is 0 Å². The molecule has 168 valence electrons. The van der Waals surface area contributed by atoms with Gasteiger partial charge in [0.1, 0.15) is 5.75 Å². The molecule has 1 aliphatic heterocycles. The molecule has 0 aromatic heterocycles. The number of halogens is 1. The molecule has 0 radical (unpaired) electrons. The number of hydrogen-bond acceptors (Lipinski definition) is 6. The van der Waals surface area contributed by atoms with Crippen molar-refractivity contribution in [1.29, 1.82) is 0 Å². The third kappa shape index (κ3) is 2.94. The summed E-state index contributed by atoms with van der Waals surface area (Å²) in [4.78, 5) is 64.3. The monoisotopic (exact) mass is 466 g/mol. The zero-order chi connectivity index (χ0) is 23.8. The Hall–Kier alpha value is -3.52. The Morgan fingerprint density at radius 1 is 1.15 bits per heavy atom. The summed E-state index contributed by atoms with van der Waals surface area (Å²) in [6.07, 6.45) is 3.39. The number of nitrogens with zero attached hydrogens (tertiary/aromatic N) is 1. The van der Waals surface area contributed by atoms with Crippen molar-refractivity contribution in [3.63, 3.8) is 0 Å². The number of phenolic OH excluding ortho intramolecular Hbond substituents is 1. The molecule has 1 heterocycles. The predicted molar refractivity (Wildman–Crippen MR) is 116 cm³/mol. The highest BCUT2D eigenvalue weighted by Crippen LogP contribution is 2.55. The smallest absolute Gasteiger partial charge is 0.328 e. The Bertz CT molecular complexity index is 1290. The minimum Gasteiger partial charge on any atom is -0.508 e. The lowest BCUT2D eigenvalue weighted by Crippen LogP contribution is -2.42. The first-order chi connectivity index (χ1) is 15.6. The molecule has 0 saturated carbocycles. The van der Waals surface area contributed by atoms with Crippen LogP contribution in [0.15, 0.2) is 52.6 Å². The number of imide groups is 3. The number of primary amides is 1. The van der Waals surface area contributed by atoms with E-state index in [0.29, 0.717) is 27.2 Å². The van der Waals surface area contributed by atoms with Gasteiger partial charge in [0, 0.05) is 27.7 Å². The fraction of sp³-hybridized carbons (Fsp3) is 0.292. The molecular formula is C24H19ClN2O6. The first-order valence-corrected chi connectivity index (χ1v) is 10.9. The molecule has 3 aliphatic carbocycles. The molecule has 9 heteroatoms. The normalized spacial score (nSPS) is 28.8. The predicted octanol–water partition coefficient (Wildman–Crippen LogP) is 2.55. The Kier molecular flexibility index (Phi) is 4.68. The van der Waals surface area contributed by atoms with Gasteiger partial charge in [0.25, 0.3) is 0 Å². The zero-order valence-electron chi connectivity index (χ0n) is 17.5. The lowest BCUT2D eigenvalue weighted by Gasteiger charge is -2.42. The number of carbonyl (C=O) groups excluding carboxylic acids is 5. The van der Waals surface area contributed by atoms with Crippen molar-refractivity contribution in [2.24, 2.45) is 23.5 Å². The molecule has 4 amide bonds. The molecule has 5 rings (SSSR count). The standard InChI is InChI=1S/C24H19ClN2O6/c1-9-6-17(29)20-15(21(9)30)8-14-11(18(20)12-3-2-10(28)7-16(12)25)4-5-13-19(14)23(32)27(22(13)31)24(26)33/h2-4,6-7,13-14,18-19,28H,5,8H2,1H3,(H2,26,33). The molecule has 1 aromatic rings. The summed E-state index contributed by atoms with van der Waals surface area (Å²) in [6.45, 7) is 1.56. The van der Waals surface area contributed by atoms with Gasteiger partial charge in [-0.3, -0.25) is 19.2 Å². The van der Waals surface area contributed by atoms with Crippen molar-refractivity contribution in [1.82, 2.24) is 4.90 Å². The molecule has 1 saturated heterocycles. The van der Waals surface area contributed by atoms with Crippen LogP contribution in [-0.4, -0.2) is 39.4 Å². The molecule has 4 aliphatic rings. The zero-order valence-corrected chi connectivity index (χ0v) is 18.3.